The quantitative estimate of drug-likeness (QED) is 0.645. The highest BCUT2D eigenvalue weighted by molar-refractivity contribution is 4.86. The second-order valence-electron chi connectivity index (χ2n) is 4.19. The summed E-state index contributed by atoms with van der Waals surface area (Å²) in [4.78, 5) is 5.12. The van der Waals surface area contributed by atoms with Crippen LogP contribution in [0.4, 0.5) is 0 Å². The van der Waals surface area contributed by atoms with Crippen molar-refractivity contribution in [2.45, 2.75) is 6.04 Å². The summed E-state index contributed by atoms with van der Waals surface area (Å²) in [5.41, 5.74) is 0. The predicted octanol–water partition coefficient (Wildman–Crippen LogP) is -0.778. The fourth-order valence-electron chi connectivity index (χ4n) is 2.36. The molecule has 0 bridgehead atoms. The normalized spacial score (nSPS) is 30.2. The number of hydrogen-bond acceptors (Lipinski definition) is 4. The fraction of sp³-hybridized carbons (Fsp3) is 1.00. The number of hydrogen-bond donors (Lipinski definition) is 1. The molecule has 0 radical (unpaired) electrons. The Morgan fingerprint density at radius 2 is 2.29 bits per heavy atom. The van der Waals surface area contributed by atoms with Gasteiger partial charge in [-0.3, -0.25) is 9.80 Å². The van der Waals surface area contributed by atoms with Crippen molar-refractivity contribution in [1.29, 1.82) is 0 Å². The molecule has 2 aliphatic heterocycles. The molecule has 2 rings (SSSR count). The molecule has 1 unspecified atom stereocenters. The number of ether oxygens (including phenoxy) is 1. The summed E-state index contributed by atoms with van der Waals surface area (Å²) in [7, 11) is 1.78. The molecule has 0 aromatic rings. The summed E-state index contributed by atoms with van der Waals surface area (Å²) in [6, 6.07) is 0.731. The highest BCUT2D eigenvalue weighted by Gasteiger charge is 2.28. The van der Waals surface area contributed by atoms with Crippen molar-refractivity contribution in [3.05, 3.63) is 0 Å². The van der Waals surface area contributed by atoms with E-state index in [1.165, 1.54) is 26.2 Å². The molecule has 1 atom stereocenters. The number of rotatable bonds is 3. The van der Waals surface area contributed by atoms with E-state index in [2.05, 4.69) is 15.1 Å². The highest BCUT2D eigenvalue weighted by Crippen LogP contribution is 2.10. The Bertz CT molecular complexity index is 177. The van der Waals surface area contributed by atoms with Crippen LogP contribution in [0.5, 0.6) is 0 Å². The van der Waals surface area contributed by atoms with Crippen LogP contribution in [0.15, 0.2) is 0 Å². The smallest absolute Gasteiger partial charge is 0.0589 e. The van der Waals surface area contributed by atoms with Gasteiger partial charge in [-0.25, -0.2) is 0 Å². The molecular weight excluding hydrogens is 178 g/mol. The first kappa shape index (κ1) is 10.4. The molecule has 2 fully saturated rings. The first-order valence-electron chi connectivity index (χ1n) is 5.56. The van der Waals surface area contributed by atoms with Crippen LogP contribution in [0.1, 0.15) is 0 Å². The third kappa shape index (κ3) is 2.45. The monoisotopic (exact) mass is 199 g/mol. The Hall–Kier alpha value is -0.160. The standard InChI is InChI=1S/C10H21N3O/c1-14-7-6-12-4-5-13-3-2-11-8-10(13)9-12/h10-11H,2-9H2,1H3. The molecule has 4 nitrogen and oxygen atoms in total. The van der Waals surface area contributed by atoms with Crippen LogP contribution in [0, 0.1) is 0 Å². The Morgan fingerprint density at radius 1 is 1.36 bits per heavy atom. The predicted molar refractivity (Wildman–Crippen MR) is 56.5 cm³/mol. The van der Waals surface area contributed by atoms with Gasteiger partial charge >= 0.3 is 0 Å². The number of fused-ring (bicyclic) bond motifs is 1. The first-order chi connectivity index (χ1) is 6.90. The minimum atomic E-state index is 0.731. The number of piperazine rings is 2. The Kier molecular flexibility index (Phi) is 3.75. The summed E-state index contributed by atoms with van der Waals surface area (Å²) in [6.45, 7) is 9.13. The molecule has 0 aromatic carbocycles. The van der Waals surface area contributed by atoms with Gasteiger partial charge in [0.2, 0.25) is 0 Å². The molecule has 2 aliphatic rings. The summed E-state index contributed by atoms with van der Waals surface area (Å²) < 4.78 is 5.11. The lowest BCUT2D eigenvalue weighted by atomic mass is 10.1. The molecule has 2 saturated heterocycles. The van der Waals surface area contributed by atoms with E-state index >= 15 is 0 Å². The van der Waals surface area contributed by atoms with Gasteiger partial charge in [-0.1, -0.05) is 0 Å². The molecule has 0 spiro atoms. The maximum atomic E-state index is 5.11. The van der Waals surface area contributed by atoms with Crippen LogP contribution < -0.4 is 5.32 Å². The second-order valence-corrected chi connectivity index (χ2v) is 4.19. The zero-order valence-electron chi connectivity index (χ0n) is 9.04. The van der Waals surface area contributed by atoms with E-state index in [4.69, 9.17) is 4.74 Å². The molecule has 82 valence electrons. The molecule has 0 aromatic heterocycles. The highest BCUT2D eigenvalue weighted by atomic mass is 16.5. The molecule has 2 heterocycles. The topological polar surface area (TPSA) is 27.7 Å². The van der Waals surface area contributed by atoms with Crippen molar-refractivity contribution < 1.29 is 4.74 Å². The van der Waals surface area contributed by atoms with Crippen LogP contribution in [-0.2, 0) is 4.74 Å². The Balaban J connectivity index is 1.77. The summed E-state index contributed by atoms with van der Waals surface area (Å²) in [5.74, 6) is 0. The molecule has 0 amide bonds. The molecule has 1 N–H and O–H groups in total. The van der Waals surface area contributed by atoms with Gasteiger partial charge in [0.1, 0.15) is 0 Å². The lowest BCUT2D eigenvalue weighted by molar-refractivity contribution is 0.0436. The molecule has 0 aliphatic carbocycles. The van der Waals surface area contributed by atoms with Crippen LogP contribution in [0.3, 0.4) is 0 Å². The van der Waals surface area contributed by atoms with Gasteiger partial charge in [0.25, 0.3) is 0 Å². The van der Waals surface area contributed by atoms with E-state index in [1.54, 1.807) is 7.11 Å². The third-order valence-electron chi connectivity index (χ3n) is 3.26. The number of nitrogens with one attached hydrogen (secondary N) is 1. The number of methoxy groups -OCH3 is 1. The minimum absolute atomic E-state index is 0.731. The zero-order chi connectivity index (χ0) is 9.80. The van der Waals surface area contributed by atoms with Crippen molar-refractivity contribution >= 4 is 0 Å². The van der Waals surface area contributed by atoms with Gasteiger partial charge in [0.15, 0.2) is 0 Å². The van der Waals surface area contributed by atoms with Gasteiger partial charge < -0.3 is 10.1 Å². The second kappa shape index (κ2) is 5.07. The summed E-state index contributed by atoms with van der Waals surface area (Å²) >= 11 is 0. The van der Waals surface area contributed by atoms with E-state index in [0.29, 0.717) is 0 Å². The lowest BCUT2D eigenvalue weighted by Crippen LogP contribution is -2.61. The maximum Gasteiger partial charge on any atom is 0.0589 e. The molecular formula is C10H21N3O. The largest absolute Gasteiger partial charge is 0.383 e. The average molecular weight is 199 g/mol. The Labute approximate surface area is 86.2 Å². The number of nitrogens with zero attached hydrogens (tertiary/aromatic N) is 2. The van der Waals surface area contributed by atoms with Crippen LogP contribution in [0.2, 0.25) is 0 Å². The summed E-state index contributed by atoms with van der Waals surface area (Å²) in [6.07, 6.45) is 0. The SMILES string of the molecule is COCCN1CCN2CCNCC2C1. The van der Waals surface area contributed by atoms with Crippen molar-refractivity contribution in [3.63, 3.8) is 0 Å². The van der Waals surface area contributed by atoms with Crippen molar-refractivity contribution in [2.75, 3.05) is 59.5 Å². The van der Waals surface area contributed by atoms with E-state index in [1.807, 2.05) is 0 Å². The molecule has 4 heteroatoms. The Morgan fingerprint density at radius 3 is 3.14 bits per heavy atom. The average Bonchev–Trinajstić information content (AvgIpc) is 2.26. The van der Waals surface area contributed by atoms with Crippen LogP contribution in [-0.4, -0.2) is 75.4 Å². The van der Waals surface area contributed by atoms with Crippen molar-refractivity contribution in [2.24, 2.45) is 0 Å². The minimum Gasteiger partial charge on any atom is -0.383 e. The third-order valence-corrected chi connectivity index (χ3v) is 3.26. The van der Waals surface area contributed by atoms with Gasteiger partial charge in [-0.05, 0) is 0 Å². The van der Waals surface area contributed by atoms with Gasteiger partial charge in [0.05, 0.1) is 6.61 Å². The van der Waals surface area contributed by atoms with E-state index in [0.717, 1.165) is 32.3 Å². The van der Waals surface area contributed by atoms with Crippen LogP contribution in [0.25, 0.3) is 0 Å². The van der Waals surface area contributed by atoms with Gasteiger partial charge in [-0.15, -0.1) is 0 Å². The maximum absolute atomic E-state index is 5.11. The molecule has 14 heavy (non-hydrogen) atoms. The van der Waals surface area contributed by atoms with E-state index in [-0.39, 0.29) is 0 Å². The van der Waals surface area contributed by atoms with Crippen LogP contribution >= 0.6 is 0 Å². The van der Waals surface area contributed by atoms with E-state index < -0.39 is 0 Å². The van der Waals surface area contributed by atoms with Gasteiger partial charge in [0, 0.05) is 59.0 Å². The van der Waals surface area contributed by atoms with Crippen molar-refractivity contribution in [3.8, 4) is 0 Å². The first-order valence-corrected chi connectivity index (χ1v) is 5.56. The fourth-order valence-corrected chi connectivity index (χ4v) is 2.36. The molecule has 0 saturated carbocycles. The van der Waals surface area contributed by atoms with Gasteiger partial charge in [-0.2, -0.15) is 0 Å². The summed E-state index contributed by atoms with van der Waals surface area (Å²) in [5, 5.41) is 3.46. The van der Waals surface area contributed by atoms with E-state index in [9.17, 15) is 0 Å². The van der Waals surface area contributed by atoms with Crippen molar-refractivity contribution in [1.82, 2.24) is 15.1 Å². The lowest BCUT2D eigenvalue weighted by Gasteiger charge is -2.44. The zero-order valence-corrected chi connectivity index (χ0v) is 9.04.